The lowest BCUT2D eigenvalue weighted by molar-refractivity contribution is -0.121. The SMILES string of the molecule is CCOc1cc(CN(C)CC(=O)NC)cc(Br)c1O. The highest BCUT2D eigenvalue weighted by molar-refractivity contribution is 9.10. The van der Waals surface area contributed by atoms with Crippen LogP contribution in [-0.4, -0.2) is 43.2 Å². The van der Waals surface area contributed by atoms with Crippen LogP contribution in [0.3, 0.4) is 0 Å². The molecular weight excluding hydrogens is 312 g/mol. The Hall–Kier alpha value is -1.27. The zero-order valence-electron chi connectivity index (χ0n) is 11.4. The molecular formula is C13H19BrN2O3. The number of carbonyl (C=O) groups is 1. The first kappa shape index (κ1) is 15.8. The fourth-order valence-electron chi connectivity index (χ4n) is 1.68. The molecule has 0 bridgehead atoms. The van der Waals surface area contributed by atoms with Crippen molar-refractivity contribution in [1.29, 1.82) is 0 Å². The number of nitrogens with one attached hydrogen (secondary N) is 1. The van der Waals surface area contributed by atoms with Gasteiger partial charge in [-0.1, -0.05) is 0 Å². The summed E-state index contributed by atoms with van der Waals surface area (Å²) in [6.45, 7) is 3.25. The van der Waals surface area contributed by atoms with Crippen LogP contribution in [0.15, 0.2) is 16.6 Å². The minimum Gasteiger partial charge on any atom is -0.503 e. The molecule has 19 heavy (non-hydrogen) atoms. The highest BCUT2D eigenvalue weighted by Crippen LogP contribution is 2.35. The number of aromatic hydroxyl groups is 1. The molecule has 1 aromatic carbocycles. The number of likely N-dealkylation sites (N-methyl/N-ethyl adjacent to an activating group) is 2. The van der Waals surface area contributed by atoms with Crippen molar-refractivity contribution in [2.75, 3.05) is 27.2 Å². The molecule has 0 heterocycles. The minimum absolute atomic E-state index is 0.0367. The molecule has 0 saturated heterocycles. The first-order chi connectivity index (χ1) is 8.97. The van der Waals surface area contributed by atoms with Gasteiger partial charge in [0.05, 0.1) is 17.6 Å². The van der Waals surface area contributed by atoms with E-state index in [4.69, 9.17) is 4.74 Å². The van der Waals surface area contributed by atoms with Crippen LogP contribution >= 0.6 is 15.9 Å². The predicted octanol–water partition coefficient (Wildman–Crippen LogP) is 1.73. The topological polar surface area (TPSA) is 61.8 Å². The number of halogens is 1. The third-order valence-corrected chi connectivity index (χ3v) is 3.14. The Morgan fingerprint density at radius 3 is 2.79 bits per heavy atom. The predicted molar refractivity (Wildman–Crippen MR) is 77.4 cm³/mol. The lowest BCUT2D eigenvalue weighted by Crippen LogP contribution is -2.32. The summed E-state index contributed by atoms with van der Waals surface area (Å²) in [7, 11) is 3.47. The number of carbonyl (C=O) groups excluding carboxylic acids is 1. The number of phenols is 1. The normalized spacial score (nSPS) is 10.6. The molecule has 0 atom stereocenters. The number of phenolic OH excluding ortho intramolecular Hbond substituents is 1. The lowest BCUT2D eigenvalue weighted by atomic mass is 10.2. The van der Waals surface area contributed by atoms with E-state index in [2.05, 4.69) is 21.2 Å². The molecule has 0 radical (unpaired) electrons. The van der Waals surface area contributed by atoms with Crippen LogP contribution in [0.1, 0.15) is 12.5 Å². The van der Waals surface area contributed by atoms with Gasteiger partial charge in [-0.05, 0) is 47.6 Å². The summed E-state index contributed by atoms with van der Waals surface area (Å²) in [6, 6.07) is 3.60. The number of benzene rings is 1. The van der Waals surface area contributed by atoms with E-state index >= 15 is 0 Å². The van der Waals surface area contributed by atoms with Gasteiger partial charge >= 0.3 is 0 Å². The first-order valence-electron chi connectivity index (χ1n) is 6.01. The third-order valence-electron chi connectivity index (χ3n) is 2.53. The highest BCUT2D eigenvalue weighted by atomic mass is 79.9. The van der Waals surface area contributed by atoms with Crippen LogP contribution in [0, 0.1) is 0 Å². The Morgan fingerprint density at radius 1 is 1.53 bits per heavy atom. The van der Waals surface area contributed by atoms with E-state index in [1.165, 1.54) is 0 Å². The first-order valence-corrected chi connectivity index (χ1v) is 6.80. The molecule has 0 spiro atoms. The second-order valence-electron chi connectivity index (χ2n) is 4.20. The molecule has 5 nitrogen and oxygen atoms in total. The summed E-state index contributed by atoms with van der Waals surface area (Å²) in [5, 5.41) is 12.4. The maximum absolute atomic E-state index is 11.3. The van der Waals surface area contributed by atoms with Crippen LogP contribution in [-0.2, 0) is 11.3 Å². The van der Waals surface area contributed by atoms with E-state index in [9.17, 15) is 9.90 Å². The van der Waals surface area contributed by atoms with Crippen molar-refractivity contribution in [2.24, 2.45) is 0 Å². The van der Waals surface area contributed by atoms with Crippen LogP contribution in [0.2, 0.25) is 0 Å². The van der Waals surface area contributed by atoms with Gasteiger partial charge in [-0.2, -0.15) is 0 Å². The number of rotatable bonds is 6. The van der Waals surface area contributed by atoms with E-state index < -0.39 is 0 Å². The van der Waals surface area contributed by atoms with Crippen LogP contribution < -0.4 is 10.1 Å². The second kappa shape index (κ2) is 7.35. The molecule has 0 aliphatic carbocycles. The second-order valence-corrected chi connectivity index (χ2v) is 5.06. The van der Waals surface area contributed by atoms with Crippen LogP contribution in [0.4, 0.5) is 0 Å². The molecule has 6 heteroatoms. The van der Waals surface area contributed by atoms with Crippen molar-refractivity contribution in [3.8, 4) is 11.5 Å². The maximum atomic E-state index is 11.3. The summed E-state index contributed by atoms with van der Waals surface area (Å²) < 4.78 is 5.95. The molecule has 0 fully saturated rings. The van der Waals surface area contributed by atoms with Crippen molar-refractivity contribution in [3.63, 3.8) is 0 Å². The molecule has 0 saturated carbocycles. The molecule has 2 N–H and O–H groups in total. The van der Waals surface area contributed by atoms with Gasteiger partial charge in [0.1, 0.15) is 0 Å². The maximum Gasteiger partial charge on any atom is 0.233 e. The van der Waals surface area contributed by atoms with E-state index in [-0.39, 0.29) is 11.7 Å². The van der Waals surface area contributed by atoms with Gasteiger partial charge in [0.2, 0.25) is 5.91 Å². The molecule has 1 amide bonds. The van der Waals surface area contributed by atoms with Crippen molar-refractivity contribution in [2.45, 2.75) is 13.5 Å². The Kier molecular flexibility index (Phi) is 6.11. The smallest absolute Gasteiger partial charge is 0.233 e. The van der Waals surface area contributed by atoms with Gasteiger partial charge in [-0.15, -0.1) is 0 Å². The fourth-order valence-corrected chi connectivity index (χ4v) is 2.17. The molecule has 0 aliphatic rings. The van der Waals surface area contributed by atoms with Crippen molar-refractivity contribution in [3.05, 3.63) is 22.2 Å². The third kappa shape index (κ3) is 4.72. The fraction of sp³-hybridized carbons (Fsp3) is 0.462. The summed E-state index contributed by atoms with van der Waals surface area (Å²) in [4.78, 5) is 13.2. The largest absolute Gasteiger partial charge is 0.503 e. The lowest BCUT2D eigenvalue weighted by Gasteiger charge is -2.17. The van der Waals surface area contributed by atoms with Gasteiger partial charge in [0, 0.05) is 13.6 Å². The number of ether oxygens (including phenoxy) is 1. The average molecular weight is 331 g/mol. The minimum atomic E-state index is -0.0367. The van der Waals surface area contributed by atoms with E-state index in [0.29, 0.717) is 29.9 Å². The number of amides is 1. The van der Waals surface area contributed by atoms with E-state index in [0.717, 1.165) is 5.56 Å². The van der Waals surface area contributed by atoms with Gasteiger partial charge in [0.15, 0.2) is 11.5 Å². The highest BCUT2D eigenvalue weighted by Gasteiger charge is 2.11. The molecule has 0 unspecified atom stereocenters. The molecule has 0 aliphatic heterocycles. The Morgan fingerprint density at radius 2 is 2.21 bits per heavy atom. The summed E-state index contributed by atoms with van der Waals surface area (Å²) in [5.74, 6) is 0.505. The molecule has 106 valence electrons. The van der Waals surface area contributed by atoms with Gasteiger partial charge < -0.3 is 15.2 Å². The van der Waals surface area contributed by atoms with Gasteiger partial charge in [-0.3, -0.25) is 9.69 Å². The number of nitrogens with zero attached hydrogens (tertiary/aromatic N) is 1. The molecule has 1 aromatic rings. The standard InChI is InChI=1S/C13H19BrN2O3/c1-4-19-11-6-9(5-10(14)13(11)18)7-16(3)8-12(17)15-2/h5-6,18H,4,7-8H2,1-3H3,(H,15,17). The van der Waals surface area contributed by atoms with Crippen LogP contribution in [0.25, 0.3) is 0 Å². The quantitative estimate of drug-likeness (QED) is 0.833. The number of hydrogen-bond acceptors (Lipinski definition) is 4. The summed E-state index contributed by atoms with van der Waals surface area (Å²) in [5.41, 5.74) is 0.958. The number of hydrogen-bond donors (Lipinski definition) is 2. The Bertz CT molecular complexity index is 452. The Labute approximate surface area is 121 Å². The van der Waals surface area contributed by atoms with E-state index in [1.807, 2.05) is 24.9 Å². The van der Waals surface area contributed by atoms with E-state index in [1.54, 1.807) is 13.1 Å². The average Bonchev–Trinajstić information content (AvgIpc) is 2.35. The van der Waals surface area contributed by atoms with Gasteiger partial charge in [-0.25, -0.2) is 0 Å². The summed E-state index contributed by atoms with van der Waals surface area (Å²) in [6.07, 6.45) is 0. The van der Waals surface area contributed by atoms with Crippen molar-refractivity contribution < 1.29 is 14.6 Å². The zero-order valence-corrected chi connectivity index (χ0v) is 13.0. The molecule has 0 aromatic heterocycles. The van der Waals surface area contributed by atoms with Gasteiger partial charge in [0.25, 0.3) is 0 Å². The van der Waals surface area contributed by atoms with Crippen molar-refractivity contribution >= 4 is 21.8 Å². The monoisotopic (exact) mass is 330 g/mol. The van der Waals surface area contributed by atoms with Crippen molar-refractivity contribution in [1.82, 2.24) is 10.2 Å². The Balaban J connectivity index is 2.81. The zero-order chi connectivity index (χ0) is 14.4. The molecule has 1 rings (SSSR count). The summed E-state index contributed by atoms with van der Waals surface area (Å²) >= 11 is 3.29. The van der Waals surface area contributed by atoms with Crippen LogP contribution in [0.5, 0.6) is 11.5 Å².